The van der Waals surface area contributed by atoms with Crippen LogP contribution in [0, 0.1) is 0 Å². The molecule has 0 aliphatic carbocycles. The fourth-order valence-corrected chi connectivity index (χ4v) is 2.37. The minimum Gasteiger partial charge on any atom is -0.404 e. The van der Waals surface area contributed by atoms with Gasteiger partial charge in [0.15, 0.2) is 0 Å². The third-order valence-corrected chi connectivity index (χ3v) is 3.44. The average Bonchev–Trinajstić information content (AvgIpc) is 2.47. The van der Waals surface area contributed by atoms with E-state index in [0.29, 0.717) is 10.7 Å². The number of carbonyl (C=O) groups is 1. The van der Waals surface area contributed by atoms with E-state index in [1.807, 2.05) is 0 Å². The van der Waals surface area contributed by atoms with Crippen molar-refractivity contribution in [1.82, 2.24) is 9.38 Å². The molecule has 0 N–H and O–H groups in total. The van der Waals surface area contributed by atoms with Gasteiger partial charge in [-0.25, -0.2) is 4.79 Å². The Morgan fingerprint density at radius 3 is 2.73 bits per heavy atom. The van der Waals surface area contributed by atoms with Crippen LogP contribution in [0.15, 0.2) is 53.5 Å². The lowest BCUT2D eigenvalue weighted by molar-refractivity contribution is 0.0728. The molecule has 0 aliphatic rings. The zero-order valence-corrected chi connectivity index (χ0v) is 12.5. The Kier molecular flexibility index (Phi) is 3.83. The molecule has 3 rings (SSSR count). The van der Waals surface area contributed by atoms with Gasteiger partial charge in [0.2, 0.25) is 5.88 Å². The van der Waals surface area contributed by atoms with E-state index in [1.54, 1.807) is 24.4 Å². The number of nitrogens with zero attached hydrogens (tertiary/aromatic N) is 2. The van der Waals surface area contributed by atoms with Crippen LogP contribution in [-0.2, 0) is 0 Å². The number of rotatable bonds is 2. The lowest BCUT2D eigenvalue weighted by atomic mass is 10.2. The molecule has 7 heteroatoms. The van der Waals surface area contributed by atoms with Gasteiger partial charge >= 0.3 is 5.97 Å². The smallest absolute Gasteiger partial charge is 0.346 e. The summed E-state index contributed by atoms with van der Waals surface area (Å²) in [4.78, 5) is 28.1. The third kappa shape index (κ3) is 2.81. The second-order valence-corrected chi connectivity index (χ2v) is 5.22. The monoisotopic (exact) mass is 334 g/mol. The van der Waals surface area contributed by atoms with E-state index in [0.717, 1.165) is 6.07 Å². The van der Waals surface area contributed by atoms with Crippen molar-refractivity contribution in [1.29, 1.82) is 0 Å². The molecule has 2 aromatic heterocycles. The first-order chi connectivity index (χ1) is 10.5. The quantitative estimate of drug-likeness (QED) is 0.675. The molecule has 5 nitrogen and oxygen atoms in total. The lowest BCUT2D eigenvalue weighted by Crippen LogP contribution is -2.17. The van der Waals surface area contributed by atoms with Gasteiger partial charge in [0.25, 0.3) is 5.56 Å². The number of benzene rings is 1. The van der Waals surface area contributed by atoms with Crippen LogP contribution in [0.2, 0.25) is 10.0 Å². The summed E-state index contributed by atoms with van der Waals surface area (Å²) in [6.07, 6.45) is 1.58. The number of aromatic nitrogens is 2. The molecule has 22 heavy (non-hydrogen) atoms. The number of halogens is 2. The molecular weight excluding hydrogens is 327 g/mol. The van der Waals surface area contributed by atoms with Gasteiger partial charge in [0, 0.05) is 11.2 Å². The number of hydrogen-bond donors (Lipinski definition) is 0. The minimum absolute atomic E-state index is 0.0905. The molecule has 3 aromatic rings. The normalized spacial score (nSPS) is 10.6. The highest BCUT2D eigenvalue weighted by Crippen LogP contribution is 2.22. The van der Waals surface area contributed by atoms with Gasteiger partial charge in [-0.1, -0.05) is 29.3 Å². The summed E-state index contributed by atoms with van der Waals surface area (Å²) in [5.41, 5.74) is 0.164. The van der Waals surface area contributed by atoms with Crippen molar-refractivity contribution in [2.24, 2.45) is 0 Å². The fraction of sp³-hybridized carbons (Fsp3) is 0. The molecule has 2 heterocycles. The van der Waals surface area contributed by atoms with E-state index in [-0.39, 0.29) is 22.0 Å². The summed E-state index contributed by atoms with van der Waals surface area (Å²) in [7, 11) is 0. The number of carbonyl (C=O) groups excluding carboxylic acids is 1. The van der Waals surface area contributed by atoms with E-state index < -0.39 is 5.97 Å². The Bertz CT molecular complexity index is 937. The molecule has 0 amide bonds. The second-order valence-electron chi connectivity index (χ2n) is 4.38. The largest absolute Gasteiger partial charge is 0.404 e. The lowest BCUT2D eigenvalue weighted by Gasteiger charge is -2.06. The zero-order chi connectivity index (χ0) is 15.7. The Hall–Kier alpha value is -2.37. The van der Waals surface area contributed by atoms with E-state index in [2.05, 4.69) is 4.98 Å². The predicted molar refractivity (Wildman–Crippen MR) is 82.9 cm³/mol. The molecule has 110 valence electrons. The van der Waals surface area contributed by atoms with E-state index in [1.165, 1.54) is 22.6 Å². The molecule has 0 fully saturated rings. The molecule has 0 aliphatic heterocycles. The molecule has 1 aromatic carbocycles. The van der Waals surface area contributed by atoms with Crippen molar-refractivity contribution in [2.75, 3.05) is 0 Å². The number of fused-ring (bicyclic) bond motifs is 1. The maximum atomic E-state index is 12.1. The van der Waals surface area contributed by atoms with E-state index in [9.17, 15) is 9.59 Å². The van der Waals surface area contributed by atoms with Crippen LogP contribution in [0.3, 0.4) is 0 Å². The van der Waals surface area contributed by atoms with Crippen LogP contribution >= 0.6 is 23.2 Å². The summed E-state index contributed by atoms with van der Waals surface area (Å²) in [6, 6.07) is 10.6. The summed E-state index contributed by atoms with van der Waals surface area (Å²) < 4.78 is 6.46. The maximum Gasteiger partial charge on any atom is 0.346 e. The standard InChI is InChI=1S/C15H8Cl2N2O3/c16-9-4-5-10(11(17)7-9)15(21)22-13-8-14(20)19-6-2-1-3-12(19)18-13/h1-8H. The first-order valence-corrected chi connectivity index (χ1v) is 6.96. The molecule has 0 radical (unpaired) electrons. The summed E-state index contributed by atoms with van der Waals surface area (Å²) in [5.74, 6) is -0.805. The molecule has 0 spiro atoms. The third-order valence-electron chi connectivity index (χ3n) is 2.90. The highest BCUT2D eigenvalue weighted by molar-refractivity contribution is 6.36. The van der Waals surface area contributed by atoms with Crippen LogP contribution in [0.5, 0.6) is 5.88 Å². The molecule has 0 unspecified atom stereocenters. The van der Waals surface area contributed by atoms with Crippen molar-refractivity contribution in [3.63, 3.8) is 0 Å². The van der Waals surface area contributed by atoms with Crippen LogP contribution in [0.25, 0.3) is 5.65 Å². The Morgan fingerprint density at radius 2 is 1.95 bits per heavy atom. The number of esters is 1. The van der Waals surface area contributed by atoms with Crippen molar-refractivity contribution in [3.8, 4) is 5.88 Å². The van der Waals surface area contributed by atoms with E-state index >= 15 is 0 Å². The summed E-state index contributed by atoms with van der Waals surface area (Å²) in [6.45, 7) is 0. The number of hydrogen-bond acceptors (Lipinski definition) is 4. The van der Waals surface area contributed by atoms with Crippen molar-refractivity contribution in [3.05, 3.63) is 74.6 Å². The highest BCUT2D eigenvalue weighted by atomic mass is 35.5. The van der Waals surface area contributed by atoms with Gasteiger partial charge in [0.1, 0.15) is 5.65 Å². The Balaban J connectivity index is 1.96. The Morgan fingerprint density at radius 1 is 1.14 bits per heavy atom. The van der Waals surface area contributed by atoms with Gasteiger partial charge < -0.3 is 4.74 Å². The maximum absolute atomic E-state index is 12.1. The Labute approximate surface area is 134 Å². The molecular formula is C15H8Cl2N2O3. The van der Waals surface area contributed by atoms with Gasteiger partial charge in [-0.2, -0.15) is 4.98 Å². The molecule has 0 saturated heterocycles. The summed E-state index contributed by atoms with van der Waals surface area (Å²) in [5, 5.41) is 0.568. The topological polar surface area (TPSA) is 60.7 Å². The number of ether oxygens (including phenoxy) is 1. The van der Waals surface area contributed by atoms with Gasteiger partial charge in [-0.05, 0) is 30.3 Å². The SMILES string of the molecule is O=C(Oc1cc(=O)n2ccccc2n1)c1ccc(Cl)cc1Cl. The van der Waals surface area contributed by atoms with Crippen molar-refractivity contribution >= 4 is 34.8 Å². The summed E-state index contributed by atoms with van der Waals surface area (Å²) >= 11 is 11.7. The van der Waals surface area contributed by atoms with Gasteiger partial charge in [0.05, 0.1) is 16.7 Å². The van der Waals surface area contributed by atoms with Crippen molar-refractivity contribution < 1.29 is 9.53 Å². The number of pyridine rings is 1. The first-order valence-electron chi connectivity index (χ1n) is 6.20. The van der Waals surface area contributed by atoms with Gasteiger partial charge in [-0.15, -0.1) is 0 Å². The van der Waals surface area contributed by atoms with Crippen LogP contribution in [0.1, 0.15) is 10.4 Å². The average molecular weight is 335 g/mol. The highest BCUT2D eigenvalue weighted by Gasteiger charge is 2.15. The van der Waals surface area contributed by atoms with Gasteiger partial charge in [-0.3, -0.25) is 9.20 Å². The van der Waals surface area contributed by atoms with Crippen LogP contribution in [0.4, 0.5) is 0 Å². The fourth-order valence-electron chi connectivity index (χ4n) is 1.89. The van der Waals surface area contributed by atoms with Crippen molar-refractivity contribution in [2.45, 2.75) is 0 Å². The minimum atomic E-state index is -0.714. The van der Waals surface area contributed by atoms with E-state index in [4.69, 9.17) is 27.9 Å². The van der Waals surface area contributed by atoms with Crippen LogP contribution < -0.4 is 10.3 Å². The molecule has 0 bridgehead atoms. The molecule has 0 saturated carbocycles. The first kappa shape index (κ1) is 14.6. The zero-order valence-electron chi connectivity index (χ0n) is 11.0. The molecule has 0 atom stereocenters. The van der Waals surface area contributed by atoms with Crippen LogP contribution in [-0.4, -0.2) is 15.4 Å². The second kappa shape index (κ2) is 5.79. The predicted octanol–water partition coefficient (Wildman–Crippen LogP) is 3.22.